The van der Waals surface area contributed by atoms with Crippen molar-refractivity contribution in [2.75, 3.05) is 20.2 Å². The van der Waals surface area contributed by atoms with Crippen LogP contribution < -0.4 is 0 Å². The van der Waals surface area contributed by atoms with Crippen LogP contribution in [-0.4, -0.2) is 54.2 Å². The van der Waals surface area contributed by atoms with Crippen LogP contribution in [0, 0.1) is 11.8 Å². The van der Waals surface area contributed by atoms with Gasteiger partial charge in [-0.05, 0) is 63.8 Å². The molecule has 30 heavy (non-hydrogen) atoms. The topological polar surface area (TPSA) is 43.2 Å². The highest BCUT2D eigenvalue weighted by Gasteiger charge is 2.37. The third-order valence-electron chi connectivity index (χ3n) is 6.66. The van der Waals surface area contributed by atoms with Crippen molar-refractivity contribution in [3.05, 3.63) is 23.1 Å². The Morgan fingerprint density at radius 3 is 2.73 bits per heavy atom. The van der Waals surface area contributed by atoms with Crippen LogP contribution in [0.3, 0.4) is 0 Å². The summed E-state index contributed by atoms with van der Waals surface area (Å²) < 4.78 is 8.42. The molecule has 0 aromatic carbocycles. The Balaban J connectivity index is 1.81. The molecule has 7 heteroatoms. The van der Waals surface area contributed by atoms with Gasteiger partial charge in [0, 0.05) is 18.9 Å². The summed E-state index contributed by atoms with van der Waals surface area (Å²) in [5.74, 6) is 6.73. The zero-order valence-electron chi connectivity index (χ0n) is 19.4. The smallest absolute Gasteiger partial charge is 0.191 e. The summed E-state index contributed by atoms with van der Waals surface area (Å²) in [5, 5.41) is 6.51. The van der Waals surface area contributed by atoms with Crippen LogP contribution in [0.25, 0.3) is 10.9 Å². The van der Waals surface area contributed by atoms with E-state index >= 15 is 0 Å². The number of halogens is 1. The minimum absolute atomic E-state index is 0.181. The van der Waals surface area contributed by atoms with Gasteiger partial charge < -0.3 is 4.43 Å². The van der Waals surface area contributed by atoms with Crippen molar-refractivity contribution in [2.24, 2.45) is 0 Å². The van der Waals surface area contributed by atoms with E-state index in [-0.39, 0.29) is 11.1 Å². The molecule has 0 unspecified atom stereocenters. The van der Waals surface area contributed by atoms with Crippen molar-refractivity contribution in [1.29, 1.82) is 0 Å². The molecule has 2 aromatic rings. The maximum absolute atomic E-state index is 6.38. The number of nitrogens with zero attached hydrogens (tertiary/aromatic N) is 4. The van der Waals surface area contributed by atoms with E-state index in [0.717, 1.165) is 42.6 Å². The highest BCUT2D eigenvalue weighted by molar-refractivity contribution is 6.74. The average Bonchev–Trinajstić information content (AvgIpc) is 3.21. The summed E-state index contributed by atoms with van der Waals surface area (Å²) in [6.07, 6.45) is 5.00. The number of likely N-dealkylation sites (tertiary alicyclic amines) is 1. The highest BCUT2D eigenvalue weighted by Crippen LogP contribution is 2.37. The Morgan fingerprint density at radius 1 is 1.37 bits per heavy atom. The largest absolute Gasteiger partial charge is 0.417 e. The summed E-state index contributed by atoms with van der Waals surface area (Å²) in [4.78, 5) is 6.58. The molecule has 0 bridgehead atoms. The Labute approximate surface area is 187 Å². The molecule has 1 fully saturated rings. The third kappa shape index (κ3) is 5.08. The molecule has 2 aromatic heterocycles. The van der Waals surface area contributed by atoms with Crippen molar-refractivity contribution in [2.45, 2.75) is 77.2 Å². The predicted molar refractivity (Wildman–Crippen MR) is 128 cm³/mol. The molecule has 0 radical (unpaired) electrons. The van der Waals surface area contributed by atoms with Crippen LogP contribution in [0.4, 0.5) is 0 Å². The predicted octanol–water partition coefficient (Wildman–Crippen LogP) is 5.50. The van der Waals surface area contributed by atoms with Gasteiger partial charge in [-0.1, -0.05) is 38.3 Å². The summed E-state index contributed by atoms with van der Waals surface area (Å²) in [7, 11) is 0.381. The molecular formula is C23H35ClN4OSi. The summed E-state index contributed by atoms with van der Waals surface area (Å²) in [5.41, 5.74) is 1.77. The fourth-order valence-corrected chi connectivity index (χ4v) is 4.72. The lowest BCUT2D eigenvalue weighted by molar-refractivity contribution is 0.257. The van der Waals surface area contributed by atoms with Gasteiger partial charge in [0.1, 0.15) is 10.8 Å². The first-order chi connectivity index (χ1) is 14.0. The zero-order valence-corrected chi connectivity index (χ0v) is 21.2. The third-order valence-corrected chi connectivity index (χ3v) is 11.4. The number of aromatic nitrogens is 3. The van der Waals surface area contributed by atoms with E-state index in [9.17, 15) is 0 Å². The first-order valence-corrected chi connectivity index (χ1v) is 14.2. The second-order valence-electron chi connectivity index (χ2n) is 9.97. The second kappa shape index (κ2) is 9.00. The number of hydrogen-bond acceptors (Lipinski definition) is 4. The maximum Gasteiger partial charge on any atom is 0.191 e. The van der Waals surface area contributed by atoms with Gasteiger partial charge in [-0.25, -0.2) is 4.98 Å². The monoisotopic (exact) mass is 446 g/mol. The lowest BCUT2D eigenvalue weighted by Gasteiger charge is -2.36. The van der Waals surface area contributed by atoms with Gasteiger partial charge >= 0.3 is 0 Å². The number of rotatable bonds is 5. The van der Waals surface area contributed by atoms with Crippen molar-refractivity contribution in [3.63, 3.8) is 0 Å². The van der Waals surface area contributed by atoms with Crippen molar-refractivity contribution in [3.8, 4) is 11.8 Å². The first kappa shape index (κ1) is 23.3. The molecule has 3 rings (SSSR count). The van der Waals surface area contributed by atoms with E-state index in [1.54, 1.807) is 6.20 Å². The standard InChI is InChI=1S/C23H35ClN4OSi/c1-17(12-14-29-30(6,7)23(2,3)4)28-21-15-22(24)25-16-19(21)20(26-28)11-10-18-9-8-13-27(18)5/h15-18H,8-9,12-14H2,1-7H3/t17-,18-/m0/s1. The average molecular weight is 447 g/mol. The minimum Gasteiger partial charge on any atom is -0.417 e. The Kier molecular flexibility index (Phi) is 6.98. The molecular weight excluding hydrogens is 412 g/mol. The van der Waals surface area contributed by atoms with E-state index in [1.807, 2.05) is 10.7 Å². The van der Waals surface area contributed by atoms with Gasteiger partial charge in [0.2, 0.25) is 0 Å². The van der Waals surface area contributed by atoms with Crippen molar-refractivity contribution in [1.82, 2.24) is 19.7 Å². The molecule has 0 saturated carbocycles. The molecule has 5 nitrogen and oxygen atoms in total. The van der Waals surface area contributed by atoms with Crippen LogP contribution >= 0.6 is 11.6 Å². The Hall–Kier alpha value is -1.39. The highest BCUT2D eigenvalue weighted by atomic mass is 35.5. The molecule has 3 heterocycles. The lowest BCUT2D eigenvalue weighted by atomic mass is 10.2. The van der Waals surface area contributed by atoms with Crippen LogP contribution in [0.1, 0.15) is 58.7 Å². The molecule has 164 valence electrons. The lowest BCUT2D eigenvalue weighted by Crippen LogP contribution is -2.41. The summed E-state index contributed by atoms with van der Waals surface area (Å²) in [6.45, 7) is 15.4. The maximum atomic E-state index is 6.38. The van der Waals surface area contributed by atoms with Gasteiger partial charge in [-0.15, -0.1) is 0 Å². The fourth-order valence-electron chi connectivity index (χ4n) is 3.50. The molecule has 0 spiro atoms. The normalized spacial score (nSPS) is 19.1. The van der Waals surface area contributed by atoms with Crippen LogP contribution in [0.15, 0.2) is 12.3 Å². The molecule has 1 aliphatic rings. The van der Waals surface area contributed by atoms with E-state index in [0.29, 0.717) is 11.2 Å². The van der Waals surface area contributed by atoms with E-state index < -0.39 is 8.32 Å². The van der Waals surface area contributed by atoms with E-state index in [4.69, 9.17) is 21.1 Å². The zero-order chi connectivity index (χ0) is 22.1. The van der Waals surface area contributed by atoms with Crippen molar-refractivity contribution >= 4 is 30.8 Å². The molecule has 0 aliphatic carbocycles. The Bertz CT molecular complexity index is 954. The number of hydrogen-bond donors (Lipinski definition) is 0. The molecule has 1 aliphatic heterocycles. The summed E-state index contributed by atoms with van der Waals surface area (Å²) >= 11 is 6.20. The van der Waals surface area contributed by atoms with Crippen LogP contribution in [0.5, 0.6) is 0 Å². The van der Waals surface area contributed by atoms with Crippen molar-refractivity contribution < 1.29 is 4.43 Å². The minimum atomic E-state index is -1.75. The fraction of sp³-hybridized carbons (Fsp3) is 0.652. The first-order valence-electron chi connectivity index (χ1n) is 10.9. The van der Waals surface area contributed by atoms with E-state index in [2.05, 4.69) is 69.6 Å². The SMILES string of the molecule is C[C@@H](CCO[Si](C)(C)C(C)(C)C)n1nc(C#C[C@@H]2CCCN2C)c2cnc(Cl)cc21. The summed E-state index contributed by atoms with van der Waals surface area (Å²) in [6, 6.07) is 2.38. The van der Waals surface area contributed by atoms with Crippen LogP contribution in [0.2, 0.25) is 23.3 Å². The Morgan fingerprint density at radius 2 is 2.10 bits per heavy atom. The quantitative estimate of drug-likeness (QED) is 0.345. The number of pyridine rings is 1. The van der Waals surface area contributed by atoms with Gasteiger partial charge in [0.05, 0.1) is 23.0 Å². The van der Waals surface area contributed by atoms with E-state index in [1.165, 1.54) is 6.42 Å². The number of fused-ring (bicyclic) bond motifs is 1. The van der Waals surface area contributed by atoms with Gasteiger partial charge in [0.15, 0.2) is 8.32 Å². The molecule has 0 amide bonds. The second-order valence-corrected chi connectivity index (χ2v) is 15.2. The van der Waals surface area contributed by atoms with Crippen LogP contribution in [-0.2, 0) is 4.43 Å². The molecule has 1 saturated heterocycles. The molecule has 2 atom stereocenters. The molecule has 0 N–H and O–H groups in total. The van der Waals surface area contributed by atoms with Gasteiger partial charge in [-0.2, -0.15) is 5.10 Å². The van der Waals surface area contributed by atoms with Gasteiger partial charge in [-0.3, -0.25) is 9.58 Å². The van der Waals surface area contributed by atoms with Gasteiger partial charge in [0.25, 0.3) is 0 Å².